The van der Waals surface area contributed by atoms with Crippen molar-refractivity contribution in [2.24, 2.45) is 0 Å². The Morgan fingerprint density at radius 1 is 1.50 bits per heavy atom. The van der Waals surface area contributed by atoms with Crippen LogP contribution in [0.5, 0.6) is 0 Å². The summed E-state index contributed by atoms with van der Waals surface area (Å²) in [6.45, 7) is 0. The van der Waals surface area contributed by atoms with Crippen molar-refractivity contribution >= 4 is 0 Å². The van der Waals surface area contributed by atoms with Gasteiger partial charge in [-0.3, -0.25) is 0 Å². The molecule has 0 aliphatic heterocycles. The Hall–Kier alpha value is -1.60. The maximum Gasteiger partial charge on any atom is 0.304 e. The summed E-state index contributed by atoms with van der Waals surface area (Å²) in [6, 6.07) is 0. The van der Waals surface area contributed by atoms with Crippen LogP contribution in [0.25, 0.3) is 0 Å². The van der Waals surface area contributed by atoms with Gasteiger partial charge in [0.15, 0.2) is 0 Å². The first-order valence-electron chi connectivity index (χ1n) is 0.925. The molecular weight excluding hydrogens is 345 g/mol. The third-order valence-corrected chi connectivity index (χ3v) is 0.0976. The molecule has 1 N–H and O–H groups in total. The molecule has 0 atom stereocenters. The molecule has 0 bridgehead atoms. The van der Waals surface area contributed by atoms with Gasteiger partial charge in [-0.2, -0.15) is 8.78 Å². The van der Waals surface area contributed by atoms with Crippen LogP contribution in [0, 0.1) is 0 Å². The number of halogens is 2. The quantitative estimate of drug-likeness (QED) is 0.655. The molecule has 0 spiro atoms. The largest absolute Gasteiger partial charge is 0.510 e. The molecule has 6 heavy (non-hydrogen) atoms. The van der Waals surface area contributed by atoms with Gasteiger partial charge in [0.2, 0.25) is 0 Å². The number of hydrogen-bond acceptors (Lipinski definition) is 1. The molecule has 0 radical (unpaired) electrons. The van der Waals surface area contributed by atoms with Crippen molar-refractivity contribution in [3.05, 3.63) is 12.3 Å². The van der Waals surface area contributed by atoms with E-state index in [2.05, 4.69) is 0 Å². The maximum absolute atomic E-state index is 10.4. The fourth-order valence-electron chi connectivity index (χ4n) is 0. The normalized spacial score (nSPS) is 5.67. The Kier molecular flexibility index (Phi) is 5.00. The predicted octanol–water partition coefficient (Wildman–Crippen LogP) is 1.28. The fourth-order valence-corrected chi connectivity index (χ4v) is 0. The molecule has 0 aliphatic rings. The van der Waals surface area contributed by atoms with E-state index in [0.717, 1.165) is 0 Å². The summed E-state index contributed by atoms with van der Waals surface area (Å²) in [5.74, 6) is 0. The van der Waals surface area contributed by atoms with Crippen molar-refractivity contribution in [3.8, 4) is 0 Å². The van der Waals surface area contributed by atoms with E-state index < -0.39 is 6.08 Å². The molecule has 4 heteroatoms. The third kappa shape index (κ3) is 29.4. The topological polar surface area (TPSA) is 20.2 Å². The Morgan fingerprint density at radius 2 is 1.67 bits per heavy atom. The molecular formula is C2H2F2ORf. The van der Waals surface area contributed by atoms with E-state index in [9.17, 15) is 8.78 Å². The zero-order valence-electron chi connectivity index (χ0n) is 2.99. The van der Waals surface area contributed by atoms with Gasteiger partial charge < -0.3 is 5.11 Å². The van der Waals surface area contributed by atoms with Gasteiger partial charge in [-0.1, -0.05) is 0 Å². The summed E-state index contributed by atoms with van der Waals surface area (Å²) in [4.78, 5) is 0. The first-order chi connectivity index (χ1) is 2.27. The molecule has 0 amide bonds. The second kappa shape index (κ2) is 3.40. The molecule has 0 aromatic carbocycles. The molecule has 0 saturated carbocycles. The van der Waals surface area contributed by atoms with E-state index in [-0.39, 0.29) is 6.26 Å². The Labute approximate surface area is 27.5 Å². The number of aliphatic hydroxyl groups excluding tert-OH is 1. The molecule has 0 aliphatic carbocycles. The summed E-state index contributed by atoms with van der Waals surface area (Å²) < 4.78 is 20.8. The third-order valence-electron chi connectivity index (χ3n) is 0.0976. The van der Waals surface area contributed by atoms with E-state index in [1.54, 1.807) is 0 Å². The van der Waals surface area contributed by atoms with Gasteiger partial charge in [-0.15, -0.1) is 0 Å². The first kappa shape index (κ1) is 8.83. The Balaban J connectivity index is 0. The van der Waals surface area contributed by atoms with Crippen molar-refractivity contribution in [1.82, 2.24) is 0 Å². The SMILES string of the molecule is OC=C(F)F.[Rf]. The minimum absolute atomic E-state index is 0. The van der Waals surface area contributed by atoms with Crippen LogP contribution < -0.4 is 0 Å². The zero-order valence-corrected chi connectivity index (χ0v) is 9.39. The average Bonchev–Trinajstić information content (AvgIpc) is 1.38. The standard InChI is InChI=1S/C2H2F2O.Rf/c3-2(4)1-5;/h1,5H;. The zero-order chi connectivity index (χ0) is 4.28. The van der Waals surface area contributed by atoms with E-state index in [4.69, 9.17) is 5.11 Å². The van der Waals surface area contributed by atoms with Gasteiger partial charge >= 0.3 is 6.08 Å². The minimum atomic E-state index is -2.06. The average molecular weight is 347 g/mol. The summed E-state index contributed by atoms with van der Waals surface area (Å²) >= 11 is 0. The summed E-state index contributed by atoms with van der Waals surface area (Å²) in [7, 11) is 0. The number of hydrogen-bond donors (Lipinski definition) is 1. The van der Waals surface area contributed by atoms with Crippen LogP contribution in [-0.4, -0.2) is 5.11 Å². The van der Waals surface area contributed by atoms with E-state index in [1.165, 1.54) is 0 Å². The molecule has 0 aromatic heterocycles. The van der Waals surface area contributed by atoms with Crippen molar-refractivity contribution in [2.45, 2.75) is 0 Å². The molecule has 32 valence electrons. The summed E-state index contributed by atoms with van der Waals surface area (Å²) in [6.07, 6.45) is -2.31. The first-order valence-corrected chi connectivity index (χ1v) is 0.925. The van der Waals surface area contributed by atoms with Gasteiger partial charge in [0.1, 0.15) is 6.26 Å². The van der Waals surface area contributed by atoms with E-state index in [0.29, 0.717) is 0 Å². The van der Waals surface area contributed by atoms with Gasteiger partial charge in [0.05, 0.1) is 0 Å². The Morgan fingerprint density at radius 3 is 1.67 bits per heavy atom. The smallest absolute Gasteiger partial charge is 0.304 e. The van der Waals surface area contributed by atoms with Crippen LogP contribution in [0.15, 0.2) is 12.3 Å². The van der Waals surface area contributed by atoms with E-state index in [1.807, 2.05) is 0 Å². The molecule has 0 fully saturated rings. The van der Waals surface area contributed by atoms with Crippen LogP contribution in [0.1, 0.15) is 0 Å². The van der Waals surface area contributed by atoms with Crippen LogP contribution in [0.2, 0.25) is 0 Å². The molecule has 0 heterocycles. The van der Waals surface area contributed by atoms with Gasteiger partial charge in [0.25, 0.3) is 0 Å². The van der Waals surface area contributed by atoms with Crippen LogP contribution in [0.4, 0.5) is 8.78 Å². The maximum atomic E-state index is 10.4. The van der Waals surface area contributed by atoms with Crippen molar-refractivity contribution in [3.63, 3.8) is 0 Å². The molecule has 0 rings (SSSR count). The summed E-state index contributed by atoms with van der Waals surface area (Å²) in [5.41, 5.74) is 0. The summed E-state index contributed by atoms with van der Waals surface area (Å²) in [5, 5.41) is 7.23. The Bertz CT molecular complexity index is 49.5. The van der Waals surface area contributed by atoms with Crippen LogP contribution >= 0.6 is 0 Å². The van der Waals surface area contributed by atoms with Crippen molar-refractivity contribution < 1.29 is 13.9 Å². The van der Waals surface area contributed by atoms with Gasteiger partial charge in [-0.05, 0) is 0 Å². The van der Waals surface area contributed by atoms with Crippen LogP contribution in [-0.2, 0) is 0 Å². The second-order valence-electron chi connectivity index (χ2n) is 0.419. The minimum Gasteiger partial charge on any atom is -0.510 e. The molecule has 0 aromatic rings. The predicted molar refractivity (Wildman–Crippen MR) is 12.9 cm³/mol. The molecule has 1 nitrogen and oxygen atoms in total. The fraction of sp³-hybridized carbons (Fsp3) is 0. The van der Waals surface area contributed by atoms with Gasteiger partial charge in [0, 0.05) is 0 Å². The van der Waals surface area contributed by atoms with Crippen molar-refractivity contribution in [1.29, 1.82) is 0 Å². The molecule has 0 saturated heterocycles. The number of rotatable bonds is 0. The van der Waals surface area contributed by atoms with E-state index >= 15 is 0 Å². The van der Waals surface area contributed by atoms with Crippen molar-refractivity contribution in [2.75, 3.05) is 0 Å². The second-order valence-corrected chi connectivity index (χ2v) is 0.419. The monoisotopic (exact) mass is 347 g/mol. The number of aliphatic hydroxyl groups is 1. The molecule has 0 unspecified atom stereocenters. The van der Waals surface area contributed by atoms with Gasteiger partial charge in [-0.25, -0.2) is 0 Å². The van der Waals surface area contributed by atoms with Crippen LogP contribution in [0.3, 0.4) is 0 Å².